The van der Waals surface area contributed by atoms with Crippen molar-refractivity contribution in [3.63, 3.8) is 0 Å². The molecule has 1 aromatic carbocycles. The molecular weight excluding hydrogens is 294 g/mol. The van der Waals surface area contributed by atoms with Crippen molar-refractivity contribution >= 4 is 15.9 Å². The summed E-state index contributed by atoms with van der Waals surface area (Å²) in [6.07, 6.45) is 2.42. The van der Waals surface area contributed by atoms with E-state index < -0.39 is 0 Å². The zero-order chi connectivity index (χ0) is 12.8. The molecule has 1 unspecified atom stereocenters. The van der Waals surface area contributed by atoms with E-state index in [0.29, 0.717) is 6.61 Å². The molecule has 1 aromatic rings. The van der Waals surface area contributed by atoms with Crippen LogP contribution >= 0.6 is 15.9 Å². The summed E-state index contributed by atoms with van der Waals surface area (Å²) in [5.41, 5.74) is 1.09. The summed E-state index contributed by atoms with van der Waals surface area (Å²) >= 11 is 3.47. The zero-order valence-corrected chi connectivity index (χ0v) is 12.3. The summed E-state index contributed by atoms with van der Waals surface area (Å²) in [6.45, 7) is 3.73. The van der Waals surface area contributed by atoms with Gasteiger partial charge in [-0.3, -0.25) is 0 Å². The number of methoxy groups -OCH3 is 1. The van der Waals surface area contributed by atoms with E-state index in [1.807, 2.05) is 12.1 Å². The highest BCUT2D eigenvalue weighted by Crippen LogP contribution is 2.23. The minimum atomic E-state index is 0.614. The molecule has 1 atom stereocenters. The zero-order valence-electron chi connectivity index (χ0n) is 10.7. The second-order valence-corrected chi connectivity index (χ2v) is 5.57. The fourth-order valence-electron chi connectivity index (χ4n) is 2.25. The molecule has 1 saturated heterocycles. The number of hydrogen-bond donors (Lipinski definition) is 1. The summed E-state index contributed by atoms with van der Waals surface area (Å²) in [7, 11) is 1.69. The van der Waals surface area contributed by atoms with Crippen LogP contribution in [0.1, 0.15) is 18.4 Å². The summed E-state index contributed by atoms with van der Waals surface area (Å²) in [5, 5.41) is 3.37. The van der Waals surface area contributed by atoms with E-state index in [0.717, 1.165) is 47.8 Å². The van der Waals surface area contributed by atoms with Crippen molar-refractivity contribution in [3.05, 3.63) is 28.2 Å². The average molecular weight is 314 g/mol. The van der Waals surface area contributed by atoms with Gasteiger partial charge in [0.05, 0.1) is 13.7 Å². The van der Waals surface area contributed by atoms with Gasteiger partial charge in [0.1, 0.15) is 5.75 Å². The summed E-state index contributed by atoms with van der Waals surface area (Å²) in [6, 6.07) is 5.99. The van der Waals surface area contributed by atoms with Gasteiger partial charge in [0.15, 0.2) is 0 Å². The largest absolute Gasteiger partial charge is 0.496 e. The normalized spacial score (nSPS) is 19.1. The molecule has 0 aromatic heterocycles. The quantitative estimate of drug-likeness (QED) is 0.819. The van der Waals surface area contributed by atoms with Crippen molar-refractivity contribution in [2.45, 2.75) is 19.4 Å². The molecule has 100 valence electrons. The lowest BCUT2D eigenvalue weighted by Gasteiger charge is -2.11. The van der Waals surface area contributed by atoms with Crippen LogP contribution in [-0.4, -0.2) is 26.8 Å². The topological polar surface area (TPSA) is 30.5 Å². The van der Waals surface area contributed by atoms with Crippen LogP contribution in [0.4, 0.5) is 0 Å². The van der Waals surface area contributed by atoms with Crippen molar-refractivity contribution in [2.24, 2.45) is 5.92 Å². The molecule has 3 nitrogen and oxygen atoms in total. The number of nitrogens with one attached hydrogen (secondary N) is 1. The van der Waals surface area contributed by atoms with Crippen molar-refractivity contribution in [1.29, 1.82) is 0 Å². The second kappa shape index (κ2) is 7.12. The Morgan fingerprint density at radius 3 is 3.06 bits per heavy atom. The van der Waals surface area contributed by atoms with Crippen LogP contribution in [0, 0.1) is 5.92 Å². The number of halogens is 1. The van der Waals surface area contributed by atoms with E-state index in [1.54, 1.807) is 7.11 Å². The summed E-state index contributed by atoms with van der Waals surface area (Å²) in [4.78, 5) is 0. The van der Waals surface area contributed by atoms with Gasteiger partial charge in [0, 0.05) is 16.6 Å². The first-order valence-electron chi connectivity index (χ1n) is 6.40. The van der Waals surface area contributed by atoms with Crippen LogP contribution in [0.3, 0.4) is 0 Å². The molecule has 1 fully saturated rings. The number of ether oxygens (including phenoxy) is 2. The van der Waals surface area contributed by atoms with Gasteiger partial charge >= 0.3 is 0 Å². The molecule has 0 radical (unpaired) electrons. The Bertz CT molecular complexity index is 378. The maximum Gasteiger partial charge on any atom is 0.124 e. The Morgan fingerprint density at radius 2 is 2.33 bits per heavy atom. The van der Waals surface area contributed by atoms with E-state index in [4.69, 9.17) is 9.47 Å². The van der Waals surface area contributed by atoms with Crippen LogP contribution in [0.2, 0.25) is 0 Å². The molecule has 0 bridgehead atoms. The first kappa shape index (κ1) is 13.8. The second-order valence-electron chi connectivity index (χ2n) is 4.66. The highest BCUT2D eigenvalue weighted by molar-refractivity contribution is 9.10. The van der Waals surface area contributed by atoms with Gasteiger partial charge in [-0.05, 0) is 50.0 Å². The van der Waals surface area contributed by atoms with Crippen LogP contribution in [0.5, 0.6) is 5.75 Å². The van der Waals surface area contributed by atoms with E-state index in [-0.39, 0.29) is 0 Å². The number of rotatable bonds is 6. The van der Waals surface area contributed by atoms with E-state index in [9.17, 15) is 0 Å². The highest BCUT2D eigenvalue weighted by Gasteiger charge is 2.13. The Kier molecular flexibility index (Phi) is 5.47. The molecule has 18 heavy (non-hydrogen) atoms. The molecule has 4 heteroatoms. The summed E-state index contributed by atoms with van der Waals surface area (Å²) in [5.74, 6) is 1.68. The molecule has 0 saturated carbocycles. The Hall–Kier alpha value is -0.580. The first-order chi connectivity index (χ1) is 8.79. The van der Waals surface area contributed by atoms with E-state index >= 15 is 0 Å². The van der Waals surface area contributed by atoms with Crippen LogP contribution in [0.25, 0.3) is 0 Å². The SMILES string of the molecule is COc1ccc(Br)cc1COCCC1CCNC1. The van der Waals surface area contributed by atoms with E-state index in [1.165, 1.54) is 6.42 Å². The monoisotopic (exact) mass is 313 g/mol. The van der Waals surface area contributed by atoms with Gasteiger partial charge in [0.25, 0.3) is 0 Å². The Labute approximate surface area is 117 Å². The Balaban J connectivity index is 1.76. The Morgan fingerprint density at radius 1 is 1.44 bits per heavy atom. The van der Waals surface area contributed by atoms with Gasteiger partial charge in [0.2, 0.25) is 0 Å². The highest BCUT2D eigenvalue weighted by atomic mass is 79.9. The third-order valence-electron chi connectivity index (χ3n) is 3.33. The smallest absolute Gasteiger partial charge is 0.124 e. The minimum Gasteiger partial charge on any atom is -0.496 e. The van der Waals surface area contributed by atoms with Gasteiger partial charge < -0.3 is 14.8 Å². The standard InChI is InChI=1S/C14H20BrNO2/c1-17-14-3-2-13(15)8-12(14)10-18-7-5-11-4-6-16-9-11/h2-3,8,11,16H,4-7,9-10H2,1H3. The van der Waals surface area contributed by atoms with Gasteiger partial charge in [-0.15, -0.1) is 0 Å². The molecule has 1 N–H and O–H groups in total. The minimum absolute atomic E-state index is 0.614. The predicted octanol–water partition coefficient (Wildman–Crippen LogP) is 2.97. The van der Waals surface area contributed by atoms with Gasteiger partial charge in [-0.1, -0.05) is 15.9 Å². The first-order valence-corrected chi connectivity index (χ1v) is 7.20. The van der Waals surface area contributed by atoms with Crippen LogP contribution in [0.15, 0.2) is 22.7 Å². The predicted molar refractivity (Wildman–Crippen MR) is 75.9 cm³/mol. The van der Waals surface area contributed by atoms with Gasteiger partial charge in [-0.25, -0.2) is 0 Å². The number of hydrogen-bond acceptors (Lipinski definition) is 3. The van der Waals surface area contributed by atoms with Crippen LogP contribution < -0.4 is 10.1 Å². The third kappa shape index (κ3) is 3.97. The molecule has 1 aliphatic rings. The molecule has 2 rings (SSSR count). The van der Waals surface area contributed by atoms with Gasteiger partial charge in [-0.2, -0.15) is 0 Å². The van der Waals surface area contributed by atoms with Crippen molar-refractivity contribution in [3.8, 4) is 5.75 Å². The van der Waals surface area contributed by atoms with E-state index in [2.05, 4.69) is 27.3 Å². The number of benzene rings is 1. The maximum atomic E-state index is 5.75. The van der Waals surface area contributed by atoms with Crippen molar-refractivity contribution in [2.75, 3.05) is 26.8 Å². The average Bonchev–Trinajstić information content (AvgIpc) is 2.88. The maximum absolute atomic E-state index is 5.75. The molecule has 0 amide bonds. The fraction of sp³-hybridized carbons (Fsp3) is 0.571. The lowest BCUT2D eigenvalue weighted by molar-refractivity contribution is 0.107. The fourth-order valence-corrected chi connectivity index (χ4v) is 2.66. The summed E-state index contributed by atoms with van der Waals surface area (Å²) < 4.78 is 12.1. The molecule has 0 aliphatic carbocycles. The molecule has 0 spiro atoms. The third-order valence-corrected chi connectivity index (χ3v) is 3.83. The molecule has 1 aliphatic heterocycles. The lowest BCUT2D eigenvalue weighted by atomic mass is 10.1. The molecular formula is C14H20BrNO2. The lowest BCUT2D eigenvalue weighted by Crippen LogP contribution is -2.10. The van der Waals surface area contributed by atoms with Crippen molar-refractivity contribution in [1.82, 2.24) is 5.32 Å². The van der Waals surface area contributed by atoms with Crippen LogP contribution in [-0.2, 0) is 11.3 Å². The van der Waals surface area contributed by atoms with Crippen molar-refractivity contribution < 1.29 is 9.47 Å². The molecule has 1 heterocycles.